The van der Waals surface area contributed by atoms with Gasteiger partial charge in [-0.2, -0.15) is 10.1 Å². The van der Waals surface area contributed by atoms with Crippen molar-refractivity contribution in [1.82, 2.24) is 9.97 Å². The molecule has 2 aromatic rings. The van der Waals surface area contributed by atoms with Crippen molar-refractivity contribution in [3.63, 3.8) is 0 Å². The zero-order valence-corrected chi connectivity index (χ0v) is 13.9. The molecule has 23 heavy (non-hydrogen) atoms. The second kappa shape index (κ2) is 5.91. The van der Waals surface area contributed by atoms with Gasteiger partial charge in [0.15, 0.2) is 0 Å². The van der Waals surface area contributed by atoms with Gasteiger partial charge in [-0.25, -0.2) is 9.97 Å². The highest BCUT2D eigenvalue weighted by Gasteiger charge is 2.35. The fourth-order valence-electron chi connectivity index (χ4n) is 2.74. The van der Waals surface area contributed by atoms with E-state index in [-0.39, 0.29) is 11.8 Å². The van der Waals surface area contributed by atoms with Crippen LogP contribution in [0.3, 0.4) is 0 Å². The number of aromatic nitrogens is 2. The summed E-state index contributed by atoms with van der Waals surface area (Å²) in [6.45, 7) is 7.72. The first-order chi connectivity index (χ1) is 10.9. The molecule has 3 rings (SSSR count). The Morgan fingerprint density at radius 3 is 2.22 bits per heavy atom. The van der Waals surface area contributed by atoms with Crippen LogP contribution in [0, 0.1) is 26.7 Å². The quantitative estimate of drug-likeness (QED) is 0.876. The van der Waals surface area contributed by atoms with Crippen LogP contribution in [0.2, 0.25) is 0 Å². The lowest BCUT2D eigenvalue weighted by atomic mass is 9.95. The number of carbonyl (C=O) groups excluding carboxylic acids is 1. The smallest absolute Gasteiger partial charge is 0.259 e. The van der Waals surface area contributed by atoms with Crippen molar-refractivity contribution < 1.29 is 4.79 Å². The Morgan fingerprint density at radius 2 is 1.61 bits per heavy atom. The SMILES string of the molecule is CC1=NN(c2nc(C)cc(C)n2)C(=O)[C@H]1Cc1ccc(C)cc1. The Bertz CT molecular complexity index is 760. The zero-order valence-electron chi connectivity index (χ0n) is 13.9. The van der Waals surface area contributed by atoms with Crippen molar-refractivity contribution in [2.75, 3.05) is 5.01 Å². The summed E-state index contributed by atoms with van der Waals surface area (Å²) in [6.07, 6.45) is 0.649. The van der Waals surface area contributed by atoms with Crippen LogP contribution in [0.25, 0.3) is 0 Å². The summed E-state index contributed by atoms with van der Waals surface area (Å²) >= 11 is 0. The first-order valence-electron chi connectivity index (χ1n) is 7.71. The Kier molecular flexibility index (Phi) is 3.94. The van der Waals surface area contributed by atoms with E-state index < -0.39 is 0 Å². The van der Waals surface area contributed by atoms with Crippen molar-refractivity contribution >= 4 is 17.6 Å². The van der Waals surface area contributed by atoms with Crippen LogP contribution in [-0.2, 0) is 11.2 Å². The normalized spacial score (nSPS) is 17.6. The van der Waals surface area contributed by atoms with Crippen molar-refractivity contribution in [1.29, 1.82) is 0 Å². The predicted molar refractivity (Wildman–Crippen MR) is 90.5 cm³/mol. The Balaban J connectivity index is 1.84. The number of anilines is 1. The van der Waals surface area contributed by atoms with Gasteiger partial charge in [-0.3, -0.25) is 4.79 Å². The molecule has 0 fully saturated rings. The Hall–Kier alpha value is -2.56. The second-order valence-electron chi connectivity index (χ2n) is 6.08. The minimum atomic E-state index is -0.248. The first-order valence-corrected chi connectivity index (χ1v) is 7.71. The standard InChI is InChI=1S/C18H20N4O/c1-11-5-7-15(8-6-11)10-16-14(4)21-22(17(16)23)18-19-12(2)9-13(3)20-18/h5-9,16H,10H2,1-4H3/t16-/m0/s1. The predicted octanol–water partition coefficient (Wildman–Crippen LogP) is 2.98. The van der Waals surface area contributed by atoms with E-state index in [0.717, 1.165) is 22.7 Å². The number of aryl methyl sites for hydroxylation is 3. The largest absolute Gasteiger partial charge is 0.272 e. The highest BCUT2D eigenvalue weighted by Crippen LogP contribution is 2.24. The molecule has 0 spiro atoms. The van der Waals surface area contributed by atoms with E-state index in [0.29, 0.717) is 12.4 Å². The molecule has 5 nitrogen and oxygen atoms in total. The maximum Gasteiger partial charge on any atom is 0.259 e. The number of hydrogen-bond donors (Lipinski definition) is 0. The minimum absolute atomic E-state index is 0.0620. The molecule has 0 radical (unpaired) electrons. The molecule has 1 atom stereocenters. The van der Waals surface area contributed by atoms with Crippen LogP contribution >= 0.6 is 0 Å². The van der Waals surface area contributed by atoms with Gasteiger partial charge in [0.2, 0.25) is 0 Å². The van der Waals surface area contributed by atoms with Crippen LogP contribution in [-0.4, -0.2) is 21.6 Å². The summed E-state index contributed by atoms with van der Waals surface area (Å²) < 4.78 is 0. The summed E-state index contributed by atoms with van der Waals surface area (Å²) in [4.78, 5) is 21.4. The van der Waals surface area contributed by atoms with Gasteiger partial charge in [0.25, 0.3) is 11.9 Å². The van der Waals surface area contributed by atoms with Crippen LogP contribution in [0.4, 0.5) is 5.95 Å². The number of rotatable bonds is 3. The van der Waals surface area contributed by atoms with Gasteiger partial charge in [0, 0.05) is 17.1 Å². The third kappa shape index (κ3) is 3.13. The molecule has 1 amide bonds. The monoisotopic (exact) mass is 308 g/mol. The topological polar surface area (TPSA) is 58.5 Å². The van der Waals surface area contributed by atoms with Crippen molar-refractivity contribution in [3.05, 3.63) is 52.8 Å². The first kappa shape index (κ1) is 15.3. The highest BCUT2D eigenvalue weighted by atomic mass is 16.2. The Morgan fingerprint density at radius 1 is 1.00 bits per heavy atom. The number of amides is 1. The minimum Gasteiger partial charge on any atom is -0.272 e. The third-order valence-corrected chi connectivity index (χ3v) is 3.99. The van der Waals surface area contributed by atoms with E-state index >= 15 is 0 Å². The van der Waals surface area contributed by atoms with Crippen LogP contribution in [0.1, 0.15) is 29.4 Å². The average Bonchev–Trinajstić information content (AvgIpc) is 2.76. The lowest BCUT2D eigenvalue weighted by molar-refractivity contribution is -0.119. The average molecular weight is 308 g/mol. The number of benzene rings is 1. The van der Waals surface area contributed by atoms with Gasteiger partial charge in [-0.1, -0.05) is 29.8 Å². The number of carbonyl (C=O) groups is 1. The van der Waals surface area contributed by atoms with Crippen LogP contribution in [0.5, 0.6) is 0 Å². The van der Waals surface area contributed by atoms with Gasteiger partial charge in [-0.05, 0) is 45.7 Å². The third-order valence-electron chi connectivity index (χ3n) is 3.99. The number of nitrogens with zero attached hydrogens (tertiary/aromatic N) is 4. The molecule has 0 aliphatic carbocycles. The summed E-state index contributed by atoms with van der Waals surface area (Å²) in [5.41, 5.74) is 4.80. The van der Waals surface area contributed by atoms with E-state index in [4.69, 9.17) is 0 Å². The molecule has 1 aromatic heterocycles. The maximum absolute atomic E-state index is 12.7. The molecular weight excluding hydrogens is 288 g/mol. The van der Waals surface area contributed by atoms with Crippen LogP contribution < -0.4 is 5.01 Å². The summed E-state index contributed by atoms with van der Waals surface area (Å²) in [7, 11) is 0. The van der Waals surface area contributed by atoms with Gasteiger partial charge >= 0.3 is 0 Å². The molecule has 0 N–H and O–H groups in total. The molecule has 0 saturated heterocycles. The molecule has 1 aliphatic rings. The molecule has 0 saturated carbocycles. The van der Waals surface area contributed by atoms with Gasteiger partial charge in [0.05, 0.1) is 5.92 Å². The summed E-state index contributed by atoms with van der Waals surface area (Å²) in [6, 6.07) is 10.1. The van der Waals surface area contributed by atoms with E-state index in [2.05, 4.69) is 46.3 Å². The maximum atomic E-state index is 12.7. The van der Waals surface area contributed by atoms with Gasteiger partial charge < -0.3 is 0 Å². The fourth-order valence-corrected chi connectivity index (χ4v) is 2.74. The second-order valence-corrected chi connectivity index (χ2v) is 6.08. The van der Waals surface area contributed by atoms with Crippen molar-refractivity contribution in [2.45, 2.75) is 34.1 Å². The van der Waals surface area contributed by atoms with Crippen molar-refractivity contribution in [2.24, 2.45) is 11.0 Å². The van der Waals surface area contributed by atoms with Crippen molar-refractivity contribution in [3.8, 4) is 0 Å². The molecule has 0 unspecified atom stereocenters. The Labute approximate surface area is 136 Å². The highest BCUT2D eigenvalue weighted by molar-refractivity contribution is 6.14. The van der Waals surface area contributed by atoms with E-state index in [1.807, 2.05) is 26.8 Å². The van der Waals surface area contributed by atoms with Gasteiger partial charge in [0.1, 0.15) is 0 Å². The van der Waals surface area contributed by atoms with Crippen LogP contribution in [0.15, 0.2) is 35.4 Å². The fraction of sp³-hybridized carbons (Fsp3) is 0.333. The van der Waals surface area contributed by atoms with E-state index in [9.17, 15) is 4.79 Å². The molecular formula is C18H20N4O. The molecule has 1 aliphatic heterocycles. The molecule has 1 aromatic carbocycles. The van der Waals surface area contributed by atoms with E-state index in [1.54, 1.807) is 0 Å². The lowest BCUT2D eigenvalue weighted by Gasteiger charge is -2.13. The molecule has 0 bridgehead atoms. The van der Waals surface area contributed by atoms with E-state index in [1.165, 1.54) is 10.6 Å². The summed E-state index contributed by atoms with van der Waals surface area (Å²) in [5.74, 6) is 0.0495. The number of hydrogen-bond acceptors (Lipinski definition) is 4. The molecule has 2 heterocycles. The molecule has 118 valence electrons. The number of hydrazone groups is 1. The summed E-state index contributed by atoms with van der Waals surface area (Å²) in [5, 5.41) is 5.73. The lowest BCUT2D eigenvalue weighted by Crippen LogP contribution is -2.29. The zero-order chi connectivity index (χ0) is 16.6. The van der Waals surface area contributed by atoms with Gasteiger partial charge in [-0.15, -0.1) is 0 Å². The molecule has 5 heteroatoms.